The molecule has 1 fully saturated rings. The maximum Gasteiger partial charge on any atom is 0.269 e. The number of nitrogens with zero attached hydrogens (tertiary/aromatic N) is 5. The molecule has 3 aromatic carbocycles. The van der Waals surface area contributed by atoms with Crippen molar-refractivity contribution < 1.29 is 14.7 Å². The van der Waals surface area contributed by atoms with Crippen LogP contribution in [0.2, 0.25) is 0 Å². The topological polar surface area (TPSA) is 131 Å². The van der Waals surface area contributed by atoms with Gasteiger partial charge >= 0.3 is 0 Å². The number of piperidine rings is 1. The Bertz CT molecular complexity index is 1650. The highest BCUT2D eigenvalue weighted by Gasteiger charge is 2.18. The largest absolute Gasteiger partial charge is 0.393 e. The lowest BCUT2D eigenvalue weighted by Crippen LogP contribution is -2.35. The molecule has 1 aliphatic rings. The number of carbonyl (C=O) groups excluding carboxylic acids is 2. The molecular formula is C29H27N7O3. The van der Waals surface area contributed by atoms with Gasteiger partial charge in [-0.15, -0.1) is 0 Å². The van der Waals surface area contributed by atoms with Crippen molar-refractivity contribution in [3.05, 3.63) is 96.4 Å². The Balaban J connectivity index is 1.15. The Kier molecular flexibility index (Phi) is 6.29. The molecule has 0 unspecified atom stereocenters. The van der Waals surface area contributed by atoms with Crippen LogP contribution in [0.5, 0.6) is 0 Å². The van der Waals surface area contributed by atoms with E-state index >= 15 is 0 Å². The number of rotatable bonds is 6. The number of fused-ring (bicyclic) bond motifs is 1. The van der Waals surface area contributed by atoms with E-state index in [-0.39, 0.29) is 17.7 Å². The van der Waals surface area contributed by atoms with Crippen LogP contribution < -0.4 is 16.0 Å². The zero-order chi connectivity index (χ0) is 26.9. The Labute approximate surface area is 224 Å². The maximum absolute atomic E-state index is 12.9. The standard InChI is InChI=1S/C29H27N7O3/c30-28(38)26-13-16-35(33-26)23-6-8-24(9-7-23)36-27-10-3-21(17-20(27)18-31-36)32-29(39)19-1-4-22(5-2-19)34-14-11-25(37)12-15-34/h1-10,13,16-18,25,37H,11-12,14-15H2,(H2,30,38)(H,32,39). The van der Waals surface area contributed by atoms with Gasteiger partial charge in [0, 0.05) is 41.6 Å². The number of aromatic nitrogens is 4. The van der Waals surface area contributed by atoms with E-state index in [0.29, 0.717) is 11.3 Å². The summed E-state index contributed by atoms with van der Waals surface area (Å²) < 4.78 is 3.41. The number of nitrogens with two attached hydrogens (primary N) is 1. The minimum atomic E-state index is -0.572. The van der Waals surface area contributed by atoms with E-state index in [9.17, 15) is 14.7 Å². The van der Waals surface area contributed by atoms with Crippen LogP contribution >= 0.6 is 0 Å². The number of hydrogen-bond donors (Lipinski definition) is 3. The van der Waals surface area contributed by atoms with Gasteiger partial charge in [0.15, 0.2) is 0 Å². The average Bonchev–Trinajstić information content (AvgIpc) is 3.62. The van der Waals surface area contributed by atoms with Gasteiger partial charge in [-0.05, 0) is 85.6 Å². The van der Waals surface area contributed by atoms with Crippen molar-refractivity contribution in [2.24, 2.45) is 5.73 Å². The third kappa shape index (κ3) is 4.97. The molecule has 196 valence electrons. The van der Waals surface area contributed by atoms with Crippen LogP contribution in [-0.4, -0.2) is 55.7 Å². The van der Waals surface area contributed by atoms with Crippen LogP contribution in [0.3, 0.4) is 0 Å². The zero-order valence-corrected chi connectivity index (χ0v) is 21.1. The van der Waals surface area contributed by atoms with E-state index in [2.05, 4.69) is 20.4 Å². The van der Waals surface area contributed by atoms with Crippen LogP contribution in [0.1, 0.15) is 33.7 Å². The van der Waals surface area contributed by atoms with Gasteiger partial charge in [-0.3, -0.25) is 9.59 Å². The van der Waals surface area contributed by atoms with Gasteiger partial charge in [0.2, 0.25) is 0 Å². The molecule has 5 aromatic rings. The summed E-state index contributed by atoms with van der Waals surface area (Å²) in [6.45, 7) is 1.62. The van der Waals surface area contributed by atoms with Gasteiger partial charge in [0.05, 0.1) is 29.2 Å². The molecule has 0 spiro atoms. The summed E-state index contributed by atoms with van der Waals surface area (Å²) >= 11 is 0. The van der Waals surface area contributed by atoms with E-state index in [0.717, 1.165) is 53.9 Å². The minimum absolute atomic E-state index is 0.184. The van der Waals surface area contributed by atoms with E-state index in [1.807, 2.05) is 71.4 Å². The predicted molar refractivity (Wildman–Crippen MR) is 149 cm³/mol. The molecule has 10 heteroatoms. The van der Waals surface area contributed by atoms with Crippen LogP contribution in [-0.2, 0) is 0 Å². The predicted octanol–water partition coefficient (Wildman–Crippen LogP) is 3.52. The minimum Gasteiger partial charge on any atom is -0.393 e. The lowest BCUT2D eigenvalue weighted by atomic mass is 10.1. The lowest BCUT2D eigenvalue weighted by Gasteiger charge is -2.31. The van der Waals surface area contributed by atoms with Crippen molar-refractivity contribution in [1.82, 2.24) is 19.6 Å². The molecule has 0 aliphatic carbocycles. The third-order valence-corrected chi connectivity index (χ3v) is 6.99. The molecule has 39 heavy (non-hydrogen) atoms. The fourth-order valence-electron chi connectivity index (χ4n) is 4.81. The number of primary amides is 1. The highest BCUT2D eigenvalue weighted by molar-refractivity contribution is 6.05. The number of carbonyl (C=O) groups is 2. The molecule has 1 aliphatic heterocycles. The summed E-state index contributed by atoms with van der Waals surface area (Å²) in [4.78, 5) is 26.4. The Morgan fingerprint density at radius 2 is 1.59 bits per heavy atom. The average molecular weight is 522 g/mol. The number of anilines is 2. The summed E-state index contributed by atoms with van der Waals surface area (Å²) in [6.07, 6.45) is 4.75. The van der Waals surface area contributed by atoms with Gasteiger partial charge in [-0.25, -0.2) is 9.36 Å². The van der Waals surface area contributed by atoms with Crippen molar-refractivity contribution in [2.75, 3.05) is 23.3 Å². The van der Waals surface area contributed by atoms with E-state index in [4.69, 9.17) is 5.73 Å². The number of benzene rings is 3. The van der Waals surface area contributed by atoms with Crippen LogP contribution in [0, 0.1) is 0 Å². The Hall–Kier alpha value is -4.96. The molecule has 2 aromatic heterocycles. The van der Waals surface area contributed by atoms with E-state index in [1.165, 1.54) is 0 Å². The summed E-state index contributed by atoms with van der Waals surface area (Å²) in [5.74, 6) is -0.756. The molecule has 6 rings (SSSR count). The summed E-state index contributed by atoms with van der Waals surface area (Å²) in [5.41, 5.74) is 10.3. The van der Waals surface area contributed by atoms with Crippen molar-refractivity contribution in [2.45, 2.75) is 18.9 Å². The molecular weight excluding hydrogens is 494 g/mol. The number of amides is 2. The fourth-order valence-corrected chi connectivity index (χ4v) is 4.81. The molecule has 0 bridgehead atoms. The van der Waals surface area contributed by atoms with E-state index in [1.54, 1.807) is 23.1 Å². The second-order valence-electron chi connectivity index (χ2n) is 9.58. The first kappa shape index (κ1) is 24.4. The van der Waals surface area contributed by atoms with Gasteiger partial charge in [0.25, 0.3) is 11.8 Å². The molecule has 0 atom stereocenters. The quantitative estimate of drug-likeness (QED) is 0.313. The summed E-state index contributed by atoms with van der Waals surface area (Å²) in [6, 6.07) is 22.4. The van der Waals surface area contributed by atoms with Crippen molar-refractivity contribution in [1.29, 1.82) is 0 Å². The lowest BCUT2D eigenvalue weighted by molar-refractivity contribution is 0.0993. The first-order valence-corrected chi connectivity index (χ1v) is 12.7. The number of aliphatic hydroxyl groups excluding tert-OH is 1. The monoisotopic (exact) mass is 521 g/mol. The Morgan fingerprint density at radius 1 is 0.897 bits per heavy atom. The van der Waals surface area contributed by atoms with Crippen LogP contribution in [0.15, 0.2) is 85.2 Å². The second-order valence-corrected chi connectivity index (χ2v) is 9.58. The van der Waals surface area contributed by atoms with E-state index < -0.39 is 5.91 Å². The summed E-state index contributed by atoms with van der Waals surface area (Å²) in [5, 5.41) is 22.3. The smallest absolute Gasteiger partial charge is 0.269 e. The second kappa shape index (κ2) is 10.1. The van der Waals surface area contributed by atoms with Crippen molar-refractivity contribution in [3.8, 4) is 11.4 Å². The number of nitrogens with one attached hydrogen (secondary N) is 1. The Morgan fingerprint density at radius 3 is 2.28 bits per heavy atom. The normalized spacial score (nSPS) is 14.0. The summed E-state index contributed by atoms with van der Waals surface area (Å²) in [7, 11) is 0. The first-order valence-electron chi connectivity index (χ1n) is 12.7. The first-order chi connectivity index (χ1) is 18.9. The molecule has 0 saturated carbocycles. The maximum atomic E-state index is 12.9. The van der Waals surface area contributed by atoms with Gasteiger partial charge < -0.3 is 21.1 Å². The van der Waals surface area contributed by atoms with Crippen LogP contribution in [0.4, 0.5) is 11.4 Å². The SMILES string of the molecule is NC(=O)c1ccn(-c2ccc(-n3ncc4cc(NC(=O)c5ccc(N6CCC(O)CC6)cc5)ccc43)cc2)n1. The zero-order valence-electron chi connectivity index (χ0n) is 21.1. The molecule has 2 amide bonds. The van der Waals surface area contributed by atoms with Gasteiger partial charge in [-0.2, -0.15) is 10.2 Å². The molecule has 0 radical (unpaired) electrons. The fraction of sp³-hybridized carbons (Fsp3) is 0.172. The number of aliphatic hydroxyl groups is 1. The van der Waals surface area contributed by atoms with Gasteiger partial charge in [0.1, 0.15) is 5.69 Å². The highest BCUT2D eigenvalue weighted by atomic mass is 16.3. The third-order valence-electron chi connectivity index (χ3n) is 6.99. The van der Waals surface area contributed by atoms with Crippen molar-refractivity contribution >= 4 is 34.1 Å². The highest BCUT2D eigenvalue weighted by Crippen LogP contribution is 2.24. The van der Waals surface area contributed by atoms with Crippen molar-refractivity contribution in [3.63, 3.8) is 0 Å². The molecule has 3 heterocycles. The van der Waals surface area contributed by atoms with Crippen LogP contribution in [0.25, 0.3) is 22.3 Å². The molecule has 10 nitrogen and oxygen atoms in total. The molecule has 4 N–H and O–H groups in total. The number of hydrogen-bond acceptors (Lipinski definition) is 6. The van der Waals surface area contributed by atoms with Gasteiger partial charge in [-0.1, -0.05) is 0 Å². The molecule has 1 saturated heterocycles.